The number of hydrogen-bond donors (Lipinski definition) is 3. The number of allylic oxidation sites excluding steroid dienone is 1. The molecule has 190 valence electrons. The average molecular weight is 487 g/mol. The van der Waals surface area contributed by atoms with Crippen LogP contribution in [0.15, 0.2) is 72.1 Å². The number of quaternary nitrogens is 1. The molecule has 1 saturated heterocycles. The van der Waals surface area contributed by atoms with Crippen molar-refractivity contribution in [3.63, 3.8) is 0 Å². The Morgan fingerprint density at radius 2 is 1.89 bits per heavy atom. The SMILES string of the molecule is C=C(O)/C=C\C(=O)O.CC(=O)c1ccccc1.CCCCC1CCC([N+]2(C)C=CC(N)=NC2=O)O1. The van der Waals surface area contributed by atoms with E-state index in [0.717, 1.165) is 37.0 Å². The first-order chi connectivity index (χ1) is 16.5. The Balaban J connectivity index is 0.000000302. The normalized spacial score (nSPS) is 22.9. The Kier molecular flexibility index (Phi) is 12.3. The summed E-state index contributed by atoms with van der Waals surface area (Å²) in [5.74, 6) is -0.959. The van der Waals surface area contributed by atoms with Crippen molar-refractivity contribution >= 4 is 23.6 Å². The first kappa shape index (κ1) is 29.5. The van der Waals surface area contributed by atoms with E-state index in [-0.39, 0.29) is 40.2 Å². The monoisotopic (exact) mass is 486 g/mol. The number of nitrogens with two attached hydrogens (primary N) is 1. The number of aliphatic carboxylic acids is 1. The van der Waals surface area contributed by atoms with Gasteiger partial charge in [0.15, 0.2) is 5.78 Å². The van der Waals surface area contributed by atoms with E-state index in [1.165, 1.54) is 12.8 Å². The number of benzene rings is 1. The molecule has 0 spiro atoms. The van der Waals surface area contributed by atoms with Crippen molar-refractivity contribution in [2.24, 2.45) is 10.7 Å². The van der Waals surface area contributed by atoms with Crippen LogP contribution in [0.25, 0.3) is 0 Å². The summed E-state index contributed by atoms with van der Waals surface area (Å²) in [6.07, 6.45) is 10.8. The lowest BCUT2D eigenvalue weighted by Gasteiger charge is -2.32. The quantitative estimate of drug-likeness (QED) is 0.167. The van der Waals surface area contributed by atoms with Crippen LogP contribution in [-0.4, -0.2) is 57.7 Å². The van der Waals surface area contributed by atoms with Gasteiger partial charge in [-0.15, -0.1) is 4.99 Å². The fourth-order valence-electron chi connectivity index (χ4n) is 3.34. The minimum atomic E-state index is -1.10. The standard InChI is InChI=1S/C13H21N3O2.C8H8O.C5H6O3/c1-3-4-5-10-6-7-12(18-10)16(2)9-8-11(14)15-13(16)17;1-7(9)8-5-3-2-4-6-8;1-4(6)2-3-5(7)8/h8-10,12H,3-7H2,1-2H3,(H-,14,15,17);2-6H,1H3;2-3,6H,1H2,(H,7,8)/p+1/b;;3-2-. The topological polar surface area (TPSA) is 139 Å². The number of aliphatic hydroxyl groups excluding tert-OH is 1. The zero-order valence-corrected chi connectivity index (χ0v) is 20.6. The van der Waals surface area contributed by atoms with Crippen molar-refractivity contribution in [2.75, 3.05) is 7.05 Å². The minimum absolute atomic E-state index is 0.0866. The molecule has 0 saturated carbocycles. The van der Waals surface area contributed by atoms with Gasteiger partial charge in [-0.3, -0.25) is 4.79 Å². The Bertz CT molecular complexity index is 955. The predicted molar refractivity (Wildman–Crippen MR) is 135 cm³/mol. The molecule has 3 unspecified atom stereocenters. The zero-order chi connectivity index (χ0) is 26.4. The minimum Gasteiger partial charge on any atom is -0.509 e. The lowest BCUT2D eigenvalue weighted by Crippen LogP contribution is -2.53. The maximum atomic E-state index is 12.0. The number of Topliss-reactive ketones (excluding diaryl/α,β-unsaturated/α-hetero) is 1. The Labute approximate surface area is 206 Å². The molecule has 3 atom stereocenters. The van der Waals surface area contributed by atoms with E-state index in [0.29, 0.717) is 0 Å². The summed E-state index contributed by atoms with van der Waals surface area (Å²) in [4.78, 5) is 36.1. The average Bonchev–Trinajstić information content (AvgIpc) is 3.30. The summed E-state index contributed by atoms with van der Waals surface area (Å²) < 4.78 is 6.09. The predicted octanol–water partition coefficient (Wildman–Crippen LogP) is 4.72. The molecule has 0 aromatic heterocycles. The summed E-state index contributed by atoms with van der Waals surface area (Å²) in [5.41, 5.74) is 6.30. The number of carbonyl (C=O) groups is 3. The van der Waals surface area contributed by atoms with Crippen LogP contribution in [0, 0.1) is 0 Å². The van der Waals surface area contributed by atoms with Crippen LogP contribution in [-0.2, 0) is 9.53 Å². The third-order valence-corrected chi connectivity index (χ3v) is 5.35. The highest BCUT2D eigenvalue weighted by Crippen LogP contribution is 2.31. The van der Waals surface area contributed by atoms with E-state index in [9.17, 15) is 14.4 Å². The van der Waals surface area contributed by atoms with Gasteiger partial charge in [0.1, 0.15) is 17.8 Å². The highest BCUT2D eigenvalue weighted by Gasteiger charge is 2.45. The van der Waals surface area contributed by atoms with Crippen molar-refractivity contribution < 1.29 is 33.8 Å². The first-order valence-corrected chi connectivity index (χ1v) is 11.4. The largest absolute Gasteiger partial charge is 0.509 e. The van der Waals surface area contributed by atoms with E-state index in [1.54, 1.807) is 19.2 Å². The number of amidine groups is 1. The van der Waals surface area contributed by atoms with Crippen LogP contribution in [0.4, 0.5) is 4.79 Å². The van der Waals surface area contributed by atoms with Gasteiger partial charge >= 0.3 is 12.0 Å². The number of hydrogen-bond acceptors (Lipinski definition) is 6. The van der Waals surface area contributed by atoms with Crippen molar-refractivity contribution in [3.8, 4) is 0 Å². The number of carboxylic acid groups (broad SMARTS) is 1. The van der Waals surface area contributed by atoms with Crippen LogP contribution >= 0.6 is 0 Å². The second-order valence-electron chi connectivity index (χ2n) is 8.30. The Morgan fingerprint density at radius 1 is 1.23 bits per heavy atom. The fraction of sp³-hybridized carbons (Fsp3) is 0.385. The van der Waals surface area contributed by atoms with Crippen LogP contribution < -0.4 is 5.73 Å². The van der Waals surface area contributed by atoms with Crippen LogP contribution in [0.1, 0.15) is 56.3 Å². The van der Waals surface area contributed by atoms with Gasteiger partial charge in [-0.25, -0.2) is 9.59 Å². The molecule has 1 aromatic rings. The molecule has 9 heteroatoms. The number of ketones is 1. The van der Waals surface area contributed by atoms with Gasteiger partial charge in [0.2, 0.25) is 6.23 Å². The lowest BCUT2D eigenvalue weighted by molar-refractivity contribution is -0.830. The lowest BCUT2D eigenvalue weighted by atomic mass is 10.1. The Hall–Kier alpha value is -3.56. The molecule has 2 aliphatic rings. The van der Waals surface area contributed by atoms with Crippen molar-refractivity contribution in [2.45, 2.75) is 58.3 Å². The van der Waals surface area contributed by atoms with Crippen LogP contribution in [0.5, 0.6) is 0 Å². The van der Waals surface area contributed by atoms with E-state index in [1.807, 2.05) is 37.4 Å². The highest BCUT2D eigenvalue weighted by molar-refractivity contribution is 5.99. The molecule has 0 radical (unpaired) electrons. The summed E-state index contributed by atoms with van der Waals surface area (Å²) in [7, 11) is 1.83. The summed E-state index contributed by atoms with van der Waals surface area (Å²) in [6.45, 7) is 6.77. The number of rotatable bonds is 7. The number of urea groups is 1. The molecule has 3 rings (SSSR count). The molecular formula is C26H36N3O6+. The number of aliphatic hydroxyl groups is 1. The number of carbonyl (C=O) groups excluding carboxylic acids is 2. The van der Waals surface area contributed by atoms with Crippen LogP contribution in [0.3, 0.4) is 0 Å². The van der Waals surface area contributed by atoms with E-state index < -0.39 is 5.97 Å². The molecule has 2 heterocycles. The van der Waals surface area contributed by atoms with Gasteiger partial charge in [-0.05, 0) is 25.8 Å². The van der Waals surface area contributed by atoms with Crippen molar-refractivity contribution in [1.82, 2.24) is 0 Å². The van der Waals surface area contributed by atoms with Crippen molar-refractivity contribution in [1.29, 1.82) is 0 Å². The maximum absolute atomic E-state index is 12.0. The van der Waals surface area contributed by atoms with Gasteiger partial charge in [0, 0.05) is 24.1 Å². The third-order valence-electron chi connectivity index (χ3n) is 5.35. The summed E-state index contributed by atoms with van der Waals surface area (Å²) in [6, 6.07) is 8.99. The van der Waals surface area contributed by atoms with E-state index in [2.05, 4.69) is 18.5 Å². The molecule has 1 fully saturated rings. The molecule has 2 amide bonds. The second-order valence-corrected chi connectivity index (χ2v) is 8.30. The molecule has 9 nitrogen and oxygen atoms in total. The highest BCUT2D eigenvalue weighted by atomic mass is 16.5. The molecule has 0 aliphatic carbocycles. The second kappa shape index (κ2) is 14.6. The van der Waals surface area contributed by atoms with Gasteiger partial charge in [0.05, 0.1) is 13.2 Å². The number of amides is 2. The third kappa shape index (κ3) is 10.5. The molecule has 35 heavy (non-hydrogen) atoms. The number of ether oxygens (including phenoxy) is 1. The first-order valence-electron chi connectivity index (χ1n) is 11.4. The number of unbranched alkanes of at least 4 members (excludes halogenated alkanes) is 1. The zero-order valence-electron chi connectivity index (χ0n) is 20.6. The van der Waals surface area contributed by atoms with E-state index in [4.69, 9.17) is 20.7 Å². The summed E-state index contributed by atoms with van der Waals surface area (Å²) >= 11 is 0. The van der Waals surface area contributed by atoms with Crippen molar-refractivity contribution in [3.05, 3.63) is 72.7 Å². The molecule has 2 aliphatic heterocycles. The van der Waals surface area contributed by atoms with Gasteiger partial charge < -0.3 is 20.7 Å². The number of aliphatic imine (C=N–C) groups is 1. The van der Waals surface area contributed by atoms with E-state index >= 15 is 0 Å². The van der Waals surface area contributed by atoms with Gasteiger partial charge in [-0.2, -0.15) is 4.48 Å². The maximum Gasteiger partial charge on any atom is 0.451 e. The van der Waals surface area contributed by atoms with Gasteiger partial charge in [-0.1, -0.05) is 56.7 Å². The van der Waals surface area contributed by atoms with Crippen LogP contribution in [0.2, 0.25) is 0 Å². The molecular weight excluding hydrogens is 450 g/mol. The Morgan fingerprint density at radius 3 is 2.34 bits per heavy atom. The summed E-state index contributed by atoms with van der Waals surface area (Å²) in [5, 5.41) is 16.2. The molecule has 4 N–H and O–H groups in total. The smallest absolute Gasteiger partial charge is 0.451 e. The fourth-order valence-corrected chi connectivity index (χ4v) is 3.34. The molecule has 1 aromatic carbocycles. The number of nitrogens with zero attached hydrogens (tertiary/aromatic N) is 2. The number of carboxylic acids is 1. The van der Waals surface area contributed by atoms with Gasteiger partial charge in [0.25, 0.3) is 0 Å². The molecule has 0 bridgehead atoms.